The lowest BCUT2D eigenvalue weighted by molar-refractivity contribution is -0.140. The van der Waals surface area contributed by atoms with Gasteiger partial charge in [-0.15, -0.1) is 0 Å². The molecular weight excluding hydrogens is 504 g/mol. The first-order chi connectivity index (χ1) is 16.5. The Labute approximate surface area is 205 Å². The van der Waals surface area contributed by atoms with Crippen molar-refractivity contribution in [3.05, 3.63) is 63.6 Å². The van der Waals surface area contributed by atoms with Crippen LogP contribution in [0.2, 0.25) is 0 Å². The summed E-state index contributed by atoms with van der Waals surface area (Å²) in [5.74, 6) is -0.444. The Bertz CT molecular complexity index is 1130. The number of aliphatic hydroxyl groups is 1. The van der Waals surface area contributed by atoms with Crippen molar-refractivity contribution < 1.29 is 28.9 Å². The summed E-state index contributed by atoms with van der Waals surface area (Å²) in [5, 5.41) is 11.2. The lowest BCUT2D eigenvalue weighted by Crippen LogP contribution is -2.38. The van der Waals surface area contributed by atoms with Crippen LogP contribution in [0.15, 0.2) is 52.5 Å². The molecule has 1 amide bonds. The summed E-state index contributed by atoms with van der Waals surface area (Å²) in [6.07, 6.45) is 0.712. The van der Waals surface area contributed by atoms with E-state index in [-0.39, 0.29) is 18.1 Å². The van der Waals surface area contributed by atoms with Crippen molar-refractivity contribution in [1.82, 2.24) is 9.80 Å². The number of morpholine rings is 1. The summed E-state index contributed by atoms with van der Waals surface area (Å²) in [6.45, 7) is 4.45. The van der Waals surface area contributed by atoms with Crippen molar-refractivity contribution in [3.8, 4) is 11.5 Å². The Morgan fingerprint density at radius 3 is 2.50 bits per heavy atom. The summed E-state index contributed by atoms with van der Waals surface area (Å²) in [4.78, 5) is 30.2. The standard InChI is InChI=1S/C25H25BrN2O6/c26-18-5-2-16(3-6-18)22-21(23(29)17-4-7-19-20(14-17)34-15-33-19)24(30)25(31)28(22)9-1-8-27-10-12-32-13-11-27/h2-7,14,22,29H,1,8-13,15H2. The number of fused-ring (bicyclic) bond motifs is 1. The second kappa shape index (κ2) is 9.77. The Balaban J connectivity index is 1.47. The first-order valence-electron chi connectivity index (χ1n) is 11.3. The van der Waals surface area contributed by atoms with E-state index in [1.165, 1.54) is 0 Å². The number of halogens is 1. The van der Waals surface area contributed by atoms with Gasteiger partial charge in [-0.3, -0.25) is 14.5 Å². The lowest BCUT2D eigenvalue weighted by atomic mass is 9.95. The molecule has 1 N–H and O–H groups in total. The number of ketones is 1. The van der Waals surface area contributed by atoms with Gasteiger partial charge in [0.25, 0.3) is 11.7 Å². The molecule has 5 rings (SSSR count). The summed E-state index contributed by atoms with van der Waals surface area (Å²) in [6, 6.07) is 11.8. The van der Waals surface area contributed by atoms with Crippen LogP contribution in [0.3, 0.4) is 0 Å². The fraction of sp³-hybridized carbons (Fsp3) is 0.360. The Hall–Kier alpha value is -2.88. The highest BCUT2D eigenvalue weighted by molar-refractivity contribution is 9.10. The predicted octanol–water partition coefficient (Wildman–Crippen LogP) is 3.32. The van der Waals surface area contributed by atoms with E-state index in [1.54, 1.807) is 23.1 Å². The maximum absolute atomic E-state index is 13.2. The molecule has 178 valence electrons. The number of rotatable bonds is 6. The minimum absolute atomic E-state index is 0.0811. The van der Waals surface area contributed by atoms with Gasteiger partial charge in [-0.25, -0.2) is 0 Å². The van der Waals surface area contributed by atoms with E-state index in [1.807, 2.05) is 24.3 Å². The van der Waals surface area contributed by atoms with Crippen LogP contribution < -0.4 is 9.47 Å². The van der Waals surface area contributed by atoms with Gasteiger partial charge >= 0.3 is 0 Å². The summed E-state index contributed by atoms with van der Waals surface area (Å²) < 4.78 is 17.0. The number of Topliss-reactive ketones (excluding diaryl/α,β-unsaturated/α-hetero) is 1. The first kappa shape index (κ1) is 22.9. The van der Waals surface area contributed by atoms with Crippen molar-refractivity contribution in [2.24, 2.45) is 0 Å². The zero-order valence-corrected chi connectivity index (χ0v) is 20.1. The second-order valence-electron chi connectivity index (χ2n) is 8.42. The molecule has 0 aromatic heterocycles. The molecule has 0 bridgehead atoms. The van der Waals surface area contributed by atoms with Crippen LogP contribution in [0.5, 0.6) is 11.5 Å². The van der Waals surface area contributed by atoms with Crippen LogP contribution >= 0.6 is 15.9 Å². The van der Waals surface area contributed by atoms with Crippen LogP contribution in [0.4, 0.5) is 0 Å². The fourth-order valence-electron chi connectivity index (χ4n) is 4.59. The van der Waals surface area contributed by atoms with Gasteiger partial charge in [-0.1, -0.05) is 28.1 Å². The van der Waals surface area contributed by atoms with Crippen molar-refractivity contribution in [1.29, 1.82) is 0 Å². The fourth-order valence-corrected chi connectivity index (χ4v) is 4.86. The van der Waals surface area contributed by atoms with Gasteiger partial charge in [0.2, 0.25) is 6.79 Å². The monoisotopic (exact) mass is 528 g/mol. The van der Waals surface area contributed by atoms with Crippen molar-refractivity contribution >= 4 is 33.4 Å². The summed E-state index contributed by atoms with van der Waals surface area (Å²) in [7, 11) is 0. The van der Waals surface area contributed by atoms with Crippen LogP contribution in [0.1, 0.15) is 23.6 Å². The van der Waals surface area contributed by atoms with E-state index in [0.29, 0.717) is 43.2 Å². The number of benzene rings is 2. The smallest absolute Gasteiger partial charge is 0.295 e. The third-order valence-electron chi connectivity index (χ3n) is 6.35. The zero-order valence-electron chi connectivity index (χ0n) is 18.5. The average molecular weight is 529 g/mol. The highest BCUT2D eigenvalue weighted by Gasteiger charge is 2.45. The van der Waals surface area contributed by atoms with Gasteiger partial charge in [-0.05, 0) is 42.3 Å². The Morgan fingerprint density at radius 1 is 1.00 bits per heavy atom. The highest BCUT2D eigenvalue weighted by atomic mass is 79.9. The van der Waals surface area contributed by atoms with Gasteiger partial charge in [0.05, 0.1) is 24.8 Å². The van der Waals surface area contributed by atoms with Crippen LogP contribution in [-0.4, -0.2) is 72.8 Å². The number of amides is 1. The predicted molar refractivity (Wildman–Crippen MR) is 128 cm³/mol. The number of nitrogens with zero attached hydrogens (tertiary/aromatic N) is 2. The van der Waals surface area contributed by atoms with E-state index in [2.05, 4.69) is 20.8 Å². The average Bonchev–Trinajstić information content (AvgIpc) is 3.42. The number of aliphatic hydroxyl groups excluding tert-OH is 1. The first-order valence-corrected chi connectivity index (χ1v) is 12.1. The third kappa shape index (κ3) is 4.43. The largest absolute Gasteiger partial charge is 0.507 e. The minimum atomic E-state index is -0.686. The molecule has 9 heteroatoms. The molecule has 3 aliphatic rings. The molecule has 0 saturated carbocycles. The molecule has 34 heavy (non-hydrogen) atoms. The van der Waals surface area contributed by atoms with Gasteiger partial charge in [0.15, 0.2) is 11.5 Å². The quantitative estimate of drug-likeness (QED) is 0.349. The molecule has 0 aliphatic carbocycles. The number of carbonyl (C=O) groups excluding carboxylic acids is 2. The van der Waals surface area contributed by atoms with E-state index in [4.69, 9.17) is 14.2 Å². The van der Waals surface area contributed by atoms with E-state index < -0.39 is 17.7 Å². The molecule has 3 heterocycles. The Kier molecular flexibility index (Phi) is 6.58. The van der Waals surface area contributed by atoms with Gasteiger partial charge in [-0.2, -0.15) is 0 Å². The normalized spacial score (nSPS) is 21.9. The summed E-state index contributed by atoms with van der Waals surface area (Å²) in [5.41, 5.74) is 1.24. The molecule has 1 atom stereocenters. The Morgan fingerprint density at radius 2 is 1.74 bits per heavy atom. The maximum atomic E-state index is 13.2. The topological polar surface area (TPSA) is 88.5 Å². The van der Waals surface area contributed by atoms with Crippen LogP contribution in [-0.2, 0) is 14.3 Å². The molecule has 2 aromatic carbocycles. The van der Waals surface area contributed by atoms with Crippen LogP contribution in [0.25, 0.3) is 5.76 Å². The number of hydrogen-bond acceptors (Lipinski definition) is 7. The van der Waals surface area contributed by atoms with Crippen molar-refractivity contribution in [3.63, 3.8) is 0 Å². The second-order valence-corrected chi connectivity index (χ2v) is 9.34. The number of ether oxygens (including phenoxy) is 3. The molecule has 0 spiro atoms. The van der Waals surface area contributed by atoms with E-state index >= 15 is 0 Å². The number of carbonyl (C=O) groups is 2. The van der Waals surface area contributed by atoms with Crippen LogP contribution in [0, 0.1) is 0 Å². The van der Waals surface area contributed by atoms with E-state index in [9.17, 15) is 14.7 Å². The van der Waals surface area contributed by atoms with Gasteiger partial charge in [0.1, 0.15) is 5.76 Å². The minimum Gasteiger partial charge on any atom is -0.507 e. The SMILES string of the molecule is O=C1C(=O)N(CCCN2CCOCC2)C(c2ccc(Br)cc2)C1=C(O)c1ccc2c(c1)OCO2. The third-order valence-corrected chi connectivity index (χ3v) is 6.88. The zero-order chi connectivity index (χ0) is 23.7. The molecule has 2 aromatic rings. The van der Waals surface area contributed by atoms with Gasteiger partial charge < -0.3 is 24.2 Å². The molecule has 1 unspecified atom stereocenters. The van der Waals surface area contributed by atoms with Crippen molar-refractivity contribution in [2.45, 2.75) is 12.5 Å². The number of hydrogen-bond donors (Lipinski definition) is 1. The van der Waals surface area contributed by atoms with Crippen molar-refractivity contribution in [2.75, 3.05) is 46.2 Å². The highest BCUT2D eigenvalue weighted by Crippen LogP contribution is 2.41. The van der Waals surface area contributed by atoms with E-state index in [0.717, 1.165) is 29.7 Å². The molecule has 8 nitrogen and oxygen atoms in total. The summed E-state index contributed by atoms with van der Waals surface area (Å²) >= 11 is 3.44. The number of likely N-dealkylation sites (tertiary alicyclic amines) is 1. The molecule has 2 fully saturated rings. The maximum Gasteiger partial charge on any atom is 0.295 e. The van der Waals surface area contributed by atoms with Gasteiger partial charge in [0, 0.05) is 36.2 Å². The molecule has 0 radical (unpaired) electrons. The molecule has 2 saturated heterocycles. The lowest BCUT2D eigenvalue weighted by Gasteiger charge is -2.29. The molecule has 3 aliphatic heterocycles. The molecular formula is C25H25BrN2O6.